The highest BCUT2D eigenvalue weighted by molar-refractivity contribution is 5.99. The third-order valence-corrected chi connectivity index (χ3v) is 3.85. The number of nitrogens with zero attached hydrogens (tertiary/aromatic N) is 3. The Labute approximate surface area is 146 Å². The van der Waals surface area contributed by atoms with Crippen molar-refractivity contribution in [3.8, 4) is 16.8 Å². The fourth-order valence-corrected chi connectivity index (χ4v) is 2.64. The minimum atomic E-state index is -0.799. The van der Waals surface area contributed by atoms with Crippen LogP contribution >= 0.6 is 0 Å². The summed E-state index contributed by atoms with van der Waals surface area (Å²) in [4.78, 5) is 32.0. The molecule has 0 fully saturated rings. The van der Waals surface area contributed by atoms with Crippen LogP contribution in [0.1, 0.15) is 10.4 Å². The molecular formula is C17H12N4O5. The van der Waals surface area contributed by atoms with Gasteiger partial charge in [-0.3, -0.25) is 25.0 Å². The highest BCUT2D eigenvalue weighted by Gasteiger charge is 2.24. The Morgan fingerprint density at radius 1 is 0.962 bits per heavy atom. The van der Waals surface area contributed by atoms with Gasteiger partial charge in [-0.2, -0.15) is 0 Å². The van der Waals surface area contributed by atoms with Crippen molar-refractivity contribution in [1.29, 1.82) is 0 Å². The SMILES string of the molecule is NC(=O)c1ccccc1-c1ccn(-c2ccc([N+](=O)[O-])c([N+](=O)[O-])c2)c1. The van der Waals surface area contributed by atoms with Gasteiger partial charge < -0.3 is 10.3 Å². The van der Waals surface area contributed by atoms with E-state index in [4.69, 9.17) is 5.73 Å². The molecule has 0 saturated carbocycles. The Morgan fingerprint density at radius 3 is 2.31 bits per heavy atom. The fraction of sp³-hybridized carbons (Fsp3) is 0. The second kappa shape index (κ2) is 6.48. The topological polar surface area (TPSA) is 134 Å². The number of nitro groups is 2. The van der Waals surface area contributed by atoms with Gasteiger partial charge in [0.05, 0.1) is 15.5 Å². The molecule has 3 rings (SSSR count). The lowest BCUT2D eigenvalue weighted by molar-refractivity contribution is -0.422. The molecule has 1 heterocycles. The Bertz CT molecular complexity index is 1040. The first kappa shape index (κ1) is 16.8. The van der Waals surface area contributed by atoms with E-state index >= 15 is 0 Å². The van der Waals surface area contributed by atoms with E-state index < -0.39 is 27.1 Å². The molecule has 2 aromatic carbocycles. The Hall–Kier alpha value is -4.01. The number of benzene rings is 2. The van der Waals surface area contributed by atoms with E-state index in [0.29, 0.717) is 22.4 Å². The summed E-state index contributed by atoms with van der Waals surface area (Å²) in [6, 6.07) is 12.1. The minimum Gasteiger partial charge on any atom is -0.366 e. The number of hydrogen-bond acceptors (Lipinski definition) is 5. The van der Waals surface area contributed by atoms with Crippen LogP contribution in [0.2, 0.25) is 0 Å². The molecule has 1 amide bonds. The Kier molecular flexibility index (Phi) is 4.19. The van der Waals surface area contributed by atoms with Gasteiger partial charge in [-0.25, -0.2) is 0 Å². The first-order valence-corrected chi connectivity index (χ1v) is 7.39. The van der Waals surface area contributed by atoms with E-state index in [9.17, 15) is 25.0 Å². The lowest BCUT2D eigenvalue weighted by atomic mass is 10.0. The lowest BCUT2D eigenvalue weighted by Crippen LogP contribution is -2.12. The lowest BCUT2D eigenvalue weighted by Gasteiger charge is -2.05. The van der Waals surface area contributed by atoms with E-state index in [0.717, 1.165) is 12.1 Å². The molecule has 9 nitrogen and oxygen atoms in total. The van der Waals surface area contributed by atoms with Gasteiger partial charge in [0.2, 0.25) is 5.91 Å². The van der Waals surface area contributed by atoms with E-state index in [1.165, 1.54) is 6.07 Å². The Morgan fingerprint density at radius 2 is 1.65 bits per heavy atom. The molecule has 0 radical (unpaired) electrons. The Balaban J connectivity index is 2.06. The summed E-state index contributed by atoms with van der Waals surface area (Å²) in [6.07, 6.45) is 3.30. The fourth-order valence-electron chi connectivity index (χ4n) is 2.64. The van der Waals surface area contributed by atoms with Crippen LogP contribution < -0.4 is 5.73 Å². The summed E-state index contributed by atoms with van der Waals surface area (Å²) in [5.41, 5.74) is 6.24. The van der Waals surface area contributed by atoms with Gasteiger partial charge in [0, 0.05) is 35.7 Å². The van der Waals surface area contributed by atoms with Crippen molar-refractivity contribution in [2.24, 2.45) is 5.73 Å². The standard InChI is InChI=1S/C17H12N4O5/c18-17(22)14-4-2-1-3-13(14)11-7-8-19(10-11)12-5-6-15(20(23)24)16(9-12)21(25)26/h1-10H,(H2,18,22). The van der Waals surface area contributed by atoms with Gasteiger partial charge in [-0.05, 0) is 23.8 Å². The summed E-state index contributed by atoms with van der Waals surface area (Å²) in [7, 11) is 0. The zero-order valence-corrected chi connectivity index (χ0v) is 13.2. The maximum atomic E-state index is 11.6. The second-order valence-corrected chi connectivity index (χ2v) is 5.40. The monoisotopic (exact) mass is 352 g/mol. The zero-order chi connectivity index (χ0) is 18.8. The van der Waals surface area contributed by atoms with E-state index in [2.05, 4.69) is 0 Å². The average Bonchev–Trinajstić information content (AvgIpc) is 3.11. The van der Waals surface area contributed by atoms with Crippen LogP contribution in [0.15, 0.2) is 60.9 Å². The predicted octanol–water partition coefficient (Wildman–Crippen LogP) is 3.06. The number of primary amides is 1. The van der Waals surface area contributed by atoms with Gasteiger partial charge in [-0.1, -0.05) is 18.2 Å². The molecule has 130 valence electrons. The third-order valence-electron chi connectivity index (χ3n) is 3.85. The van der Waals surface area contributed by atoms with Gasteiger partial charge in [-0.15, -0.1) is 0 Å². The summed E-state index contributed by atoms with van der Waals surface area (Å²) in [6.45, 7) is 0. The van der Waals surface area contributed by atoms with Gasteiger partial charge in [0.15, 0.2) is 0 Å². The van der Waals surface area contributed by atoms with Crippen LogP contribution in [0, 0.1) is 20.2 Å². The quantitative estimate of drug-likeness (QED) is 0.556. The van der Waals surface area contributed by atoms with Crippen molar-refractivity contribution in [1.82, 2.24) is 4.57 Å². The molecule has 0 saturated heterocycles. The van der Waals surface area contributed by atoms with E-state index in [-0.39, 0.29) is 0 Å². The first-order valence-electron chi connectivity index (χ1n) is 7.39. The molecule has 0 aliphatic heterocycles. The number of carbonyl (C=O) groups excluding carboxylic acids is 1. The number of rotatable bonds is 5. The van der Waals surface area contributed by atoms with Crippen molar-refractivity contribution < 1.29 is 14.6 Å². The van der Waals surface area contributed by atoms with E-state index in [1.807, 2.05) is 0 Å². The molecular weight excluding hydrogens is 340 g/mol. The third kappa shape index (κ3) is 3.00. The van der Waals surface area contributed by atoms with Crippen molar-refractivity contribution >= 4 is 17.3 Å². The highest BCUT2D eigenvalue weighted by Crippen LogP contribution is 2.30. The van der Waals surface area contributed by atoms with Crippen molar-refractivity contribution in [3.05, 3.63) is 86.7 Å². The number of carbonyl (C=O) groups is 1. The van der Waals surface area contributed by atoms with Crippen LogP contribution in [0.3, 0.4) is 0 Å². The molecule has 0 spiro atoms. The molecule has 26 heavy (non-hydrogen) atoms. The number of aromatic nitrogens is 1. The zero-order valence-electron chi connectivity index (χ0n) is 13.2. The van der Waals surface area contributed by atoms with Crippen molar-refractivity contribution in [2.45, 2.75) is 0 Å². The maximum absolute atomic E-state index is 11.6. The molecule has 0 unspecified atom stereocenters. The second-order valence-electron chi connectivity index (χ2n) is 5.40. The predicted molar refractivity (Wildman–Crippen MR) is 93.0 cm³/mol. The summed E-state index contributed by atoms with van der Waals surface area (Å²) < 4.78 is 1.57. The number of nitrogens with two attached hydrogens (primary N) is 1. The van der Waals surface area contributed by atoms with Gasteiger partial charge in [0.25, 0.3) is 0 Å². The molecule has 0 aliphatic carbocycles. The summed E-state index contributed by atoms with van der Waals surface area (Å²) in [5.74, 6) is -0.570. The number of nitro benzene ring substituents is 2. The molecule has 1 aromatic heterocycles. The van der Waals surface area contributed by atoms with Crippen LogP contribution in [0.5, 0.6) is 0 Å². The summed E-state index contributed by atoms with van der Waals surface area (Å²) in [5, 5.41) is 22.0. The molecule has 2 N–H and O–H groups in total. The first-order chi connectivity index (χ1) is 12.4. The molecule has 0 atom stereocenters. The highest BCUT2D eigenvalue weighted by atomic mass is 16.6. The van der Waals surface area contributed by atoms with E-state index in [1.54, 1.807) is 47.3 Å². The number of amides is 1. The molecule has 3 aromatic rings. The van der Waals surface area contributed by atoms with Crippen LogP contribution in [-0.2, 0) is 0 Å². The van der Waals surface area contributed by atoms with Gasteiger partial charge >= 0.3 is 11.4 Å². The maximum Gasteiger partial charge on any atom is 0.348 e. The number of hydrogen-bond donors (Lipinski definition) is 1. The smallest absolute Gasteiger partial charge is 0.348 e. The van der Waals surface area contributed by atoms with Crippen molar-refractivity contribution in [2.75, 3.05) is 0 Å². The largest absolute Gasteiger partial charge is 0.366 e. The van der Waals surface area contributed by atoms with Crippen LogP contribution in [0.25, 0.3) is 16.8 Å². The molecule has 0 aliphatic rings. The van der Waals surface area contributed by atoms with Crippen LogP contribution in [-0.4, -0.2) is 20.3 Å². The van der Waals surface area contributed by atoms with Crippen molar-refractivity contribution in [3.63, 3.8) is 0 Å². The average molecular weight is 352 g/mol. The van der Waals surface area contributed by atoms with Crippen LogP contribution in [0.4, 0.5) is 11.4 Å². The summed E-state index contributed by atoms with van der Waals surface area (Å²) >= 11 is 0. The molecule has 9 heteroatoms. The normalized spacial score (nSPS) is 10.5. The van der Waals surface area contributed by atoms with Gasteiger partial charge in [0.1, 0.15) is 0 Å². The minimum absolute atomic E-state index is 0.347. The molecule has 0 bridgehead atoms.